The lowest BCUT2D eigenvalue weighted by Crippen LogP contribution is -2.50. The van der Waals surface area contributed by atoms with Gasteiger partial charge in [0.2, 0.25) is 11.8 Å². The summed E-state index contributed by atoms with van der Waals surface area (Å²) < 4.78 is 16.2. The first kappa shape index (κ1) is 23.4. The van der Waals surface area contributed by atoms with Crippen LogP contribution in [0.25, 0.3) is 0 Å². The second kappa shape index (κ2) is 12.0. The van der Waals surface area contributed by atoms with E-state index in [0.29, 0.717) is 70.0 Å². The third-order valence-electron chi connectivity index (χ3n) is 5.61. The standard InChI is InChI=1S/C25H32N2O5/c1-30-22-12-10-20(19-23(22)31-2)11-13-25(29)27-16-14-26(15-17-27)24(28)9-6-18-32-21-7-4-3-5-8-21/h3-5,7-8,10,12,19H,6,9,11,13-18H2,1-2H3. The summed E-state index contributed by atoms with van der Waals surface area (Å²) in [6.07, 6.45) is 2.21. The van der Waals surface area contributed by atoms with Crippen molar-refractivity contribution in [2.45, 2.75) is 25.7 Å². The Morgan fingerprint density at radius 2 is 1.44 bits per heavy atom. The molecule has 1 aliphatic heterocycles. The van der Waals surface area contributed by atoms with Crippen LogP contribution in [0, 0.1) is 0 Å². The minimum atomic E-state index is 0.114. The van der Waals surface area contributed by atoms with Crippen molar-refractivity contribution in [1.82, 2.24) is 9.80 Å². The van der Waals surface area contributed by atoms with Crippen LogP contribution in [0.15, 0.2) is 48.5 Å². The molecule has 1 fully saturated rings. The van der Waals surface area contributed by atoms with Gasteiger partial charge in [0, 0.05) is 39.0 Å². The highest BCUT2D eigenvalue weighted by Gasteiger charge is 2.23. The molecule has 0 unspecified atom stereocenters. The Morgan fingerprint density at radius 3 is 2.06 bits per heavy atom. The van der Waals surface area contributed by atoms with E-state index in [1.54, 1.807) is 14.2 Å². The number of nitrogens with zero attached hydrogens (tertiary/aromatic N) is 2. The van der Waals surface area contributed by atoms with Crippen molar-refractivity contribution < 1.29 is 23.8 Å². The molecule has 0 spiro atoms. The van der Waals surface area contributed by atoms with Gasteiger partial charge < -0.3 is 24.0 Å². The molecule has 0 atom stereocenters. The number of carbonyl (C=O) groups excluding carboxylic acids is 2. The fraction of sp³-hybridized carbons (Fsp3) is 0.440. The van der Waals surface area contributed by atoms with Gasteiger partial charge >= 0.3 is 0 Å². The molecule has 2 aromatic carbocycles. The second-order valence-electron chi connectivity index (χ2n) is 7.72. The first-order valence-electron chi connectivity index (χ1n) is 11.0. The average molecular weight is 441 g/mol. The van der Waals surface area contributed by atoms with Crippen molar-refractivity contribution in [1.29, 1.82) is 0 Å². The molecule has 32 heavy (non-hydrogen) atoms. The molecule has 0 aliphatic carbocycles. The third-order valence-corrected chi connectivity index (χ3v) is 5.61. The van der Waals surface area contributed by atoms with E-state index < -0.39 is 0 Å². The van der Waals surface area contributed by atoms with Crippen LogP contribution in [0.1, 0.15) is 24.8 Å². The van der Waals surface area contributed by atoms with Gasteiger partial charge in [-0.15, -0.1) is 0 Å². The summed E-state index contributed by atoms with van der Waals surface area (Å²) in [5, 5.41) is 0. The summed E-state index contributed by atoms with van der Waals surface area (Å²) in [4.78, 5) is 28.8. The Kier molecular flexibility index (Phi) is 8.78. The number of ether oxygens (including phenoxy) is 3. The molecule has 7 heteroatoms. The van der Waals surface area contributed by atoms with Gasteiger partial charge in [0.15, 0.2) is 11.5 Å². The number of carbonyl (C=O) groups is 2. The molecule has 1 aliphatic rings. The van der Waals surface area contributed by atoms with Gasteiger partial charge in [0.25, 0.3) is 0 Å². The largest absolute Gasteiger partial charge is 0.494 e. The smallest absolute Gasteiger partial charge is 0.223 e. The van der Waals surface area contributed by atoms with Gasteiger partial charge in [-0.2, -0.15) is 0 Å². The molecule has 3 rings (SSSR count). The first-order valence-corrected chi connectivity index (χ1v) is 11.0. The zero-order valence-corrected chi connectivity index (χ0v) is 18.9. The van der Waals surface area contributed by atoms with Gasteiger partial charge in [0.05, 0.1) is 20.8 Å². The monoisotopic (exact) mass is 440 g/mol. The predicted octanol–water partition coefficient (Wildman–Crippen LogP) is 3.17. The number of rotatable bonds is 10. The van der Waals surface area contributed by atoms with Crippen molar-refractivity contribution in [2.75, 3.05) is 47.0 Å². The number of amides is 2. The number of benzene rings is 2. The van der Waals surface area contributed by atoms with Crippen LogP contribution in [0.3, 0.4) is 0 Å². The Hall–Kier alpha value is -3.22. The van der Waals surface area contributed by atoms with Crippen LogP contribution in [0.4, 0.5) is 0 Å². The Morgan fingerprint density at radius 1 is 0.812 bits per heavy atom. The molecule has 0 saturated carbocycles. The number of hydrogen-bond donors (Lipinski definition) is 0. The van der Waals surface area contributed by atoms with Gasteiger partial charge in [-0.3, -0.25) is 9.59 Å². The molecule has 172 valence electrons. The Labute approximate surface area is 189 Å². The van der Waals surface area contributed by atoms with Crippen LogP contribution in [0.5, 0.6) is 17.2 Å². The first-order chi connectivity index (χ1) is 15.6. The number of methoxy groups -OCH3 is 2. The molecule has 0 aromatic heterocycles. The Bertz CT molecular complexity index is 879. The van der Waals surface area contributed by atoms with E-state index in [9.17, 15) is 9.59 Å². The van der Waals surface area contributed by atoms with E-state index in [2.05, 4.69) is 0 Å². The topological polar surface area (TPSA) is 68.3 Å². The summed E-state index contributed by atoms with van der Waals surface area (Å²) in [6.45, 7) is 2.85. The molecule has 7 nitrogen and oxygen atoms in total. The fourth-order valence-electron chi connectivity index (χ4n) is 3.74. The third kappa shape index (κ3) is 6.64. The van der Waals surface area contributed by atoms with E-state index in [-0.39, 0.29) is 11.8 Å². The molecule has 1 heterocycles. The second-order valence-corrected chi connectivity index (χ2v) is 7.72. The Balaban J connectivity index is 1.35. The van der Waals surface area contributed by atoms with Crippen molar-refractivity contribution in [3.05, 3.63) is 54.1 Å². The van der Waals surface area contributed by atoms with Crippen LogP contribution in [-0.2, 0) is 16.0 Å². The van der Waals surface area contributed by atoms with Gasteiger partial charge in [-0.05, 0) is 42.7 Å². The highest BCUT2D eigenvalue weighted by molar-refractivity contribution is 5.78. The minimum Gasteiger partial charge on any atom is -0.494 e. The number of hydrogen-bond acceptors (Lipinski definition) is 5. The highest BCUT2D eigenvalue weighted by atomic mass is 16.5. The maximum absolute atomic E-state index is 12.6. The molecule has 2 aromatic rings. The zero-order chi connectivity index (χ0) is 22.8. The normalized spacial score (nSPS) is 13.6. The van der Waals surface area contributed by atoms with Crippen LogP contribution >= 0.6 is 0 Å². The number of aryl methyl sites for hydroxylation is 1. The van der Waals surface area contributed by atoms with E-state index >= 15 is 0 Å². The number of para-hydroxylation sites is 1. The highest BCUT2D eigenvalue weighted by Crippen LogP contribution is 2.28. The number of piperazine rings is 1. The molecular weight excluding hydrogens is 408 g/mol. The molecule has 0 N–H and O–H groups in total. The summed E-state index contributed by atoms with van der Waals surface area (Å²) in [6, 6.07) is 15.3. The SMILES string of the molecule is COc1ccc(CCC(=O)N2CCN(C(=O)CCCOc3ccccc3)CC2)cc1OC. The van der Waals surface area contributed by atoms with E-state index in [1.165, 1.54) is 0 Å². The summed E-state index contributed by atoms with van der Waals surface area (Å²) in [5.41, 5.74) is 1.03. The lowest BCUT2D eigenvalue weighted by atomic mass is 10.1. The quantitative estimate of drug-likeness (QED) is 0.531. The van der Waals surface area contributed by atoms with E-state index in [1.807, 2.05) is 58.3 Å². The van der Waals surface area contributed by atoms with Crippen molar-refractivity contribution in [2.24, 2.45) is 0 Å². The molecule has 0 bridgehead atoms. The molecular formula is C25H32N2O5. The molecule has 1 saturated heterocycles. The summed E-state index contributed by atoms with van der Waals surface area (Å²) in [5.74, 6) is 2.40. The van der Waals surface area contributed by atoms with Crippen molar-refractivity contribution >= 4 is 11.8 Å². The minimum absolute atomic E-state index is 0.114. The van der Waals surface area contributed by atoms with Gasteiger partial charge in [-0.25, -0.2) is 0 Å². The molecule has 2 amide bonds. The molecule has 0 radical (unpaired) electrons. The van der Waals surface area contributed by atoms with E-state index in [0.717, 1.165) is 11.3 Å². The summed E-state index contributed by atoms with van der Waals surface area (Å²) >= 11 is 0. The van der Waals surface area contributed by atoms with Crippen molar-refractivity contribution in [3.8, 4) is 17.2 Å². The lowest BCUT2D eigenvalue weighted by Gasteiger charge is -2.35. The van der Waals surface area contributed by atoms with Crippen LogP contribution in [0.2, 0.25) is 0 Å². The predicted molar refractivity (Wildman–Crippen MR) is 122 cm³/mol. The zero-order valence-electron chi connectivity index (χ0n) is 18.9. The maximum atomic E-state index is 12.6. The van der Waals surface area contributed by atoms with E-state index in [4.69, 9.17) is 14.2 Å². The fourth-order valence-corrected chi connectivity index (χ4v) is 3.74. The van der Waals surface area contributed by atoms with Crippen LogP contribution in [-0.4, -0.2) is 68.6 Å². The van der Waals surface area contributed by atoms with Gasteiger partial charge in [-0.1, -0.05) is 24.3 Å². The average Bonchev–Trinajstić information content (AvgIpc) is 2.85. The van der Waals surface area contributed by atoms with Crippen molar-refractivity contribution in [3.63, 3.8) is 0 Å². The van der Waals surface area contributed by atoms with Crippen LogP contribution < -0.4 is 14.2 Å². The van der Waals surface area contributed by atoms with Gasteiger partial charge in [0.1, 0.15) is 5.75 Å². The maximum Gasteiger partial charge on any atom is 0.223 e. The lowest BCUT2D eigenvalue weighted by molar-refractivity contribution is -0.139. The summed E-state index contributed by atoms with van der Waals surface area (Å²) in [7, 11) is 3.20.